The highest BCUT2D eigenvalue weighted by Gasteiger charge is 2.39. The summed E-state index contributed by atoms with van der Waals surface area (Å²) in [5, 5.41) is 0. The fourth-order valence-corrected chi connectivity index (χ4v) is 2.55. The third-order valence-corrected chi connectivity index (χ3v) is 3.31. The molecule has 0 amide bonds. The molecule has 2 heterocycles. The predicted molar refractivity (Wildman–Crippen MR) is 49.2 cm³/mol. The third-order valence-electron chi connectivity index (χ3n) is 3.31. The Morgan fingerprint density at radius 1 is 1.42 bits per heavy atom. The zero-order valence-electron chi connectivity index (χ0n) is 8.29. The van der Waals surface area contributed by atoms with Gasteiger partial charge in [0.2, 0.25) is 0 Å². The molecule has 2 nitrogen and oxygen atoms in total. The summed E-state index contributed by atoms with van der Waals surface area (Å²) >= 11 is 0. The Hall–Kier alpha value is -0.0800. The van der Waals surface area contributed by atoms with E-state index < -0.39 is 0 Å². The van der Waals surface area contributed by atoms with Crippen molar-refractivity contribution in [3.8, 4) is 0 Å². The second kappa shape index (κ2) is 3.00. The second-order valence-electron chi connectivity index (χ2n) is 4.50. The lowest BCUT2D eigenvalue weighted by molar-refractivity contribution is 0.0239. The Morgan fingerprint density at radius 3 is 2.83 bits per heavy atom. The van der Waals surface area contributed by atoms with Gasteiger partial charge in [-0.3, -0.25) is 4.90 Å². The van der Waals surface area contributed by atoms with Crippen LogP contribution in [0.1, 0.15) is 27.2 Å². The summed E-state index contributed by atoms with van der Waals surface area (Å²) in [5.41, 5.74) is 0. The van der Waals surface area contributed by atoms with Gasteiger partial charge in [0.05, 0.1) is 12.7 Å². The molecule has 2 heteroatoms. The lowest BCUT2D eigenvalue weighted by Crippen LogP contribution is -2.49. The van der Waals surface area contributed by atoms with E-state index in [1.165, 1.54) is 13.0 Å². The van der Waals surface area contributed by atoms with Gasteiger partial charge in [-0.05, 0) is 33.1 Å². The van der Waals surface area contributed by atoms with Gasteiger partial charge in [0.1, 0.15) is 0 Å². The fraction of sp³-hybridized carbons (Fsp3) is 1.00. The average Bonchev–Trinajstić information content (AvgIpc) is 2.41. The van der Waals surface area contributed by atoms with Gasteiger partial charge in [0.15, 0.2) is 0 Å². The van der Waals surface area contributed by atoms with Gasteiger partial charge in [-0.15, -0.1) is 0 Å². The largest absolute Gasteiger partial charge is 0.376 e. The maximum Gasteiger partial charge on any atom is 0.0731 e. The standard InChI is InChI=1S/C10H19NO/c1-7(2)11-5-9-4-10(8(11)3)12-6-9/h7-10H,4-6H2,1-3H3/t8-,9-,10+/m0/s1. The van der Waals surface area contributed by atoms with E-state index in [4.69, 9.17) is 4.74 Å². The van der Waals surface area contributed by atoms with E-state index in [1.807, 2.05) is 0 Å². The molecular weight excluding hydrogens is 150 g/mol. The molecular formula is C10H19NO. The van der Waals surface area contributed by atoms with Crippen LogP contribution < -0.4 is 0 Å². The van der Waals surface area contributed by atoms with E-state index in [0.717, 1.165) is 12.5 Å². The van der Waals surface area contributed by atoms with Crippen molar-refractivity contribution in [2.75, 3.05) is 13.2 Å². The topological polar surface area (TPSA) is 12.5 Å². The zero-order valence-corrected chi connectivity index (χ0v) is 8.29. The number of ether oxygens (including phenoxy) is 1. The molecule has 2 rings (SSSR count). The molecule has 70 valence electrons. The minimum Gasteiger partial charge on any atom is -0.376 e. The maximum absolute atomic E-state index is 5.73. The summed E-state index contributed by atoms with van der Waals surface area (Å²) in [7, 11) is 0. The van der Waals surface area contributed by atoms with Crippen LogP contribution >= 0.6 is 0 Å². The molecule has 2 fully saturated rings. The van der Waals surface area contributed by atoms with Gasteiger partial charge in [0.25, 0.3) is 0 Å². The Bertz CT molecular complexity index is 169. The van der Waals surface area contributed by atoms with Crippen molar-refractivity contribution in [3.05, 3.63) is 0 Å². The third kappa shape index (κ3) is 1.27. The number of nitrogens with zero attached hydrogens (tertiary/aromatic N) is 1. The molecule has 2 saturated heterocycles. The molecule has 0 saturated carbocycles. The monoisotopic (exact) mass is 169 g/mol. The first-order chi connectivity index (χ1) is 5.68. The zero-order chi connectivity index (χ0) is 8.72. The predicted octanol–water partition coefficient (Wildman–Crippen LogP) is 1.50. The van der Waals surface area contributed by atoms with Crippen LogP contribution in [0.3, 0.4) is 0 Å². The summed E-state index contributed by atoms with van der Waals surface area (Å²) in [6, 6.07) is 1.30. The molecule has 0 aromatic carbocycles. The van der Waals surface area contributed by atoms with Crippen LogP contribution in [-0.2, 0) is 4.74 Å². The highest BCUT2D eigenvalue weighted by atomic mass is 16.5. The van der Waals surface area contributed by atoms with E-state index in [0.29, 0.717) is 18.2 Å². The summed E-state index contributed by atoms with van der Waals surface area (Å²) in [5.74, 6) is 0.814. The number of fused-ring (bicyclic) bond motifs is 2. The van der Waals surface area contributed by atoms with E-state index in [-0.39, 0.29) is 0 Å². The Kier molecular flexibility index (Phi) is 2.13. The molecule has 2 aliphatic heterocycles. The van der Waals surface area contributed by atoms with E-state index >= 15 is 0 Å². The number of piperidine rings is 1. The lowest BCUT2D eigenvalue weighted by Gasteiger charge is -2.39. The fourth-order valence-electron chi connectivity index (χ4n) is 2.55. The molecule has 0 radical (unpaired) electrons. The second-order valence-corrected chi connectivity index (χ2v) is 4.50. The minimum atomic E-state index is 0.520. The van der Waals surface area contributed by atoms with Crippen molar-refractivity contribution in [3.63, 3.8) is 0 Å². The van der Waals surface area contributed by atoms with Gasteiger partial charge >= 0.3 is 0 Å². The summed E-state index contributed by atoms with van der Waals surface area (Å²) < 4.78 is 5.73. The van der Waals surface area contributed by atoms with E-state index in [2.05, 4.69) is 25.7 Å². The molecule has 3 atom stereocenters. The minimum absolute atomic E-state index is 0.520. The van der Waals surface area contributed by atoms with Crippen LogP contribution in [0.4, 0.5) is 0 Å². The normalized spacial score (nSPS) is 42.5. The van der Waals surface area contributed by atoms with Gasteiger partial charge < -0.3 is 4.74 Å². The van der Waals surface area contributed by atoms with Gasteiger partial charge in [-0.1, -0.05) is 0 Å². The molecule has 0 unspecified atom stereocenters. The molecule has 0 aromatic rings. The average molecular weight is 169 g/mol. The first-order valence-corrected chi connectivity index (χ1v) is 5.06. The Morgan fingerprint density at radius 2 is 2.17 bits per heavy atom. The number of hydrogen-bond donors (Lipinski definition) is 0. The van der Waals surface area contributed by atoms with Crippen LogP contribution in [0.2, 0.25) is 0 Å². The van der Waals surface area contributed by atoms with Crippen LogP contribution in [0.15, 0.2) is 0 Å². The molecule has 2 bridgehead atoms. The molecule has 0 aliphatic carbocycles. The van der Waals surface area contributed by atoms with Gasteiger partial charge in [0, 0.05) is 18.6 Å². The number of hydrogen-bond acceptors (Lipinski definition) is 2. The van der Waals surface area contributed by atoms with Crippen molar-refractivity contribution in [1.29, 1.82) is 0 Å². The van der Waals surface area contributed by atoms with Crippen LogP contribution in [0, 0.1) is 5.92 Å². The number of likely N-dealkylation sites (tertiary alicyclic amines) is 1. The first-order valence-electron chi connectivity index (χ1n) is 5.06. The van der Waals surface area contributed by atoms with Crippen molar-refractivity contribution in [2.45, 2.75) is 45.4 Å². The number of rotatable bonds is 1. The highest BCUT2D eigenvalue weighted by Crippen LogP contribution is 2.32. The molecule has 0 N–H and O–H groups in total. The van der Waals surface area contributed by atoms with Crippen LogP contribution in [-0.4, -0.2) is 36.2 Å². The Balaban J connectivity index is 2.07. The van der Waals surface area contributed by atoms with Crippen molar-refractivity contribution in [1.82, 2.24) is 4.90 Å². The molecule has 0 aromatic heterocycles. The summed E-state index contributed by atoms with van der Waals surface area (Å²) in [6.45, 7) is 9.10. The lowest BCUT2D eigenvalue weighted by atomic mass is 9.93. The van der Waals surface area contributed by atoms with Gasteiger partial charge in [-0.25, -0.2) is 0 Å². The van der Waals surface area contributed by atoms with Crippen molar-refractivity contribution < 1.29 is 4.74 Å². The summed E-state index contributed by atoms with van der Waals surface area (Å²) in [4.78, 5) is 2.58. The van der Waals surface area contributed by atoms with Gasteiger partial charge in [-0.2, -0.15) is 0 Å². The maximum atomic E-state index is 5.73. The SMILES string of the molecule is CC(C)N1C[C@H]2CO[C@H](C2)[C@@H]1C. The smallest absolute Gasteiger partial charge is 0.0731 e. The van der Waals surface area contributed by atoms with Crippen LogP contribution in [0.5, 0.6) is 0 Å². The quantitative estimate of drug-likeness (QED) is 0.590. The van der Waals surface area contributed by atoms with Crippen molar-refractivity contribution >= 4 is 0 Å². The van der Waals surface area contributed by atoms with Crippen molar-refractivity contribution in [2.24, 2.45) is 5.92 Å². The first kappa shape index (κ1) is 8.52. The molecule has 0 spiro atoms. The summed E-state index contributed by atoms with van der Waals surface area (Å²) in [6.07, 6.45) is 1.82. The molecule has 2 aliphatic rings. The highest BCUT2D eigenvalue weighted by molar-refractivity contribution is 4.91. The van der Waals surface area contributed by atoms with E-state index in [9.17, 15) is 0 Å². The Labute approximate surface area is 74.9 Å². The van der Waals surface area contributed by atoms with E-state index in [1.54, 1.807) is 0 Å². The molecule has 12 heavy (non-hydrogen) atoms. The van der Waals surface area contributed by atoms with Crippen LogP contribution in [0.25, 0.3) is 0 Å².